The van der Waals surface area contributed by atoms with Crippen molar-refractivity contribution in [1.29, 1.82) is 0 Å². The molecule has 2 heterocycles. The molecule has 1 atom stereocenters. The van der Waals surface area contributed by atoms with E-state index in [0.29, 0.717) is 6.54 Å². The fraction of sp³-hybridized carbons (Fsp3) is 0.192. The van der Waals surface area contributed by atoms with Crippen LogP contribution in [0.4, 0.5) is 0 Å². The molecule has 5 rings (SSSR count). The Labute approximate surface area is 175 Å². The summed E-state index contributed by atoms with van der Waals surface area (Å²) in [6, 6.07) is 20.6. The minimum atomic E-state index is 0.00285. The number of aromatic nitrogens is 1. The van der Waals surface area contributed by atoms with Gasteiger partial charge in [0.2, 0.25) is 5.91 Å². The van der Waals surface area contributed by atoms with E-state index in [1.807, 2.05) is 29.2 Å². The van der Waals surface area contributed by atoms with Gasteiger partial charge in [-0.3, -0.25) is 4.79 Å². The summed E-state index contributed by atoms with van der Waals surface area (Å²) in [6.45, 7) is 5.13. The number of phenols is 1. The second-order valence-electron chi connectivity index (χ2n) is 8.00. The summed E-state index contributed by atoms with van der Waals surface area (Å²) in [5.74, 6) is 0.271. The summed E-state index contributed by atoms with van der Waals surface area (Å²) in [4.78, 5) is 14.0. The number of benzene rings is 3. The van der Waals surface area contributed by atoms with Gasteiger partial charge < -0.3 is 14.6 Å². The number of phenolic OH excluding ortho intramolecular Hbond substituents is 1. The molecule has 1 amide bonds. The zero-order chi connectivity index (χ0) is 20.7. The highest BCUT2D eigenvalue weighted by Gasteiger charge is 2.24. The minimum Gasteiger partial charge on any atom is -0.508 e. The Morgan fingerprint density at radius 1 is 1.07 bits per heavy atom. The maximum atomic E-state index is 12.1. The number of likely N-dealkylation sites (tertiary alicyclic amines) is 1. The molecular formula is C26H24N2O2. The lowest BCUT2D eigenvalue weighted by Gasteiger charge is -2.33. The maximum Gasteiger partial charge on any atom is 0.246 e. The molecule has 0 radical (unpaired) electrons. The number of hydrogen-bond acceptors (Lipinski definition) is 2. The van der Waals surface area contributed by atoms with Crippen molar-refractivity contribution in [2.75, 3.05) is 13.1 Å². The van der Waals surface area contributed by atoms with Crippen LogP contribution in [-0.4, -0.2) is 33.6 Å². The van der Waals surface area contributed by atoms with Gasteiger partial charge in [0.1, 0.15) is 5.75 Å². The van der Waals surface area contributed by atoms with Crippen molar-refractivity contribution in [2.45, 2.75) is 18.9 Å². The smallest absolute Gasteiger partial charge is 0.246 e. The van der Waals surface area contributed by atoms with Crippen molar-refractivity contribution >= 4 is 27.6 Å². The van der Waals surface area contributed by atoms with Crippen molar-refractivity contribution in [3.63, 3.8) is 0 Å². The third-order valence-electron chi connectivity index (χ3n) is 6.16. The van der Waals surface area contributed by atoms with Crippen molar-refractivity contribution in [3.05, 3.63) is 79.5 Å². The van der Waals surface area contributed by atoms with Gasteiger partial charge in [-0.2, -0.15) is 0 Å². The van der Waals surface area contributed by atoms with Crippen molar-refractivity contribution in [3.8, 4) is 16.9 Å². The van der Waals surface area contributed by atoms with E-state index in [9.17, 15) is 9.90 Å². The summed E-state index contributed by atoms with van der Waals surface area (Å²) >= 11 is 0. The van der Waals surface area contributed by atoms with Crippen molar-refractivity contribution in [2.24, 2.45) is 0 Å². The summed E-state index contributed by atoms with van der Waals surface area (Å²) < 4.78 is 2.30. The summed E-state index contributed by atoms with van der Waals surface area (Å²) in [6.07, 6.45) is 5.56. The Morgan fingerprint density at radius 2 is 1.93 bits per heavy atom. The van der Waals surface area contributed by atoms with Crippen LogP contribution in [0.3, 0.4) is 0 Å². The molecule has 0 bridgehead atoms. The topological polar surface area (TPSA) is 45.5 Å². The number of hydrogen-bond donors (Lipinski definition) is 1. The standard InChI is InChI=1S/C26H24N2O2/c1-2-26(30)27-12-5-7-21(17-27)28-13-11-18-9-10-20(15-25(18)28)24-16-22(29)14-19-6-3-4-8-23(19)24/h2-4,6,8-11,13-16,21,29H,1,5,7,12,17H2. The maximum absolute atomic E-state index is 12.1. The molecule has 4 aromatic rings. The highest BCUT2D eigenvalue weighted by Crippen LogP contribution is 2.35. The van der Waals surface area contributed by atoms with Crippen molar-refractivity contribution in [1.82, 2.24) is 9.47 Å². The third kappa shape index (κ3) is 3.14. The van der Waals surface area contributed by atoms with Gasteiger partial charge in [0, 0.05) is 24.8 Å². The lowest BCUT2D eigenvalue weighted by molar-refractivity contribution is -0.127. The lowest BCUT2D eigenvalue weighted by atomic mass is 9.97. The third-order valence-corrected chi connectivity index (χ3v) is 6.16. The first kappa shape index (κ1) is 18.5. The van der Waals surface area contributed by atoms with Gasteiger partial charge in [0.05, 0.1) is 6.04 Å². The number of fused-ring (bicyclic) bond motifs is 2. The molecule has 1 N–H and O–H groups in total. The Hall–Kier alpha value is -3.53. The second-order valence-corrected chi connectivity index (χ2v) is 8.00. The normalized spacial score (nSPS) is 16.8. The van der Waals surface area contributed by atoms with Gasteiger partial charge in [-0.25, -0.2) is 0 Å². The number of amides is 1. The van der Waals surface area contributed by atoms with Gasteiger partial charge in [-0.15, -0.1) is 0 Å². The second kappa shape index (κ2) is 7.38. The highest BCUT2D eigenvalue weighted by molar-refractivity contribution is 5.99. The largest absolute Gasteiger partial charge is 0.508 e. The minimum absolute atomic E-state index is 0.00285. The molecule has 1 aromatic heterocycles. The molecule has 1 saturated heterocycles. The number of aromatic hydroxyl groups is 1. The van der Waals surface area contributed by atoms with E-state index in [2.05, 4.69) is 47.7 Å². The summed E-state index contributed by atoms with van der Waals surface area (Å²) in [5, 5.41) is 13.6. The predicted molar refractivity (Wildman–Crippen MR) is 122 cm³/mol. The van der Waals surface area contributed by atoms with Crippen molar-refractivity contribution < 1.29 is 9.90 Å². The molecule has 1 unspecified atom stereocenters. The zero-order valence-electron chi connectivity index (χ0n) is 16.8. The molecule has 4 heteroatoms. The van der Waals surface area contributed by atoms with E-state index in [1.165, 1.54) is 11.5 Å². The average molecular weight is 396 g/mol. The first-order valence-electron chi connectivity index (χ1n) is 10.4. The Bertz CT molecular complexity index is 1270. The molecule has 0 saturated carbocycles. The van der Waals surface area contributed by atoms with Gasteiger partial charge in [0.25, 0.3) is 0 Å². The molecule has 1 fully saturated rings. The fourth-order valence-electron chi connectivity index (χ4n) is 4.68. The number of carbonyl (C=O) groups is 1. The molecule has 1 aliphatic heterocycles. The van der Waals surface area contributed by atoms with Crippen LogP contribution in [-0.2, 0) is 4.79 Å². The Kier molecular flexibility index (Phi) is 4.55. The van der Waals surface area contributed by atoms with Gasteiger partial charge in [-0.1, -0.05) is 43.0 Å². The van der Waals surface area contributed by atoms with E-state index in [1.54, 1.807) is 6.07 Å². The fourth-order valence-corrected chi connectivity index (χ4v) is 4.68. The van der Waals surface area contributed by atoms with Gasteiger partial charge in [0.15, 0.2) is 0 Å². The molecule has 0 spiro atoms. The van der Waals surface area contributed by atoms with Crippen LogP contribution in [0.2, 0.25) is 0 Å². The lowest BCUT2D eigenvalue weighted by Crippen LogP contribution is -2.39. The average Bonchev–Trinajstić information content (AvgIpc) is 3.21. The van der Waals surface area contributed by atoms with Crippen LogP contribution in [0.15, 0.2) is 79.5 Å². The predicted octanol–water partition coefficient (Wildman–Crippen LogP) is 5.52. The van der Waals surface area contributed by atoms with Gasteiger partial charge in [-0.05, 0) is 70.5 Å². The summed E-state index contributed by atoms with van der Waals surface area (Å²) in [7, 11) is 0. The Balaban J connectivity index is 1.59. The SMILES string of the molecule is C=CC(=O)N1CCCC(n2ccc3ccc(-c4cc(O)cc5ccccc45)cc32)C1. The van der Waals surface area contributed by atoms with Gasteiger partial charge >= 0.3 is 0 Å². The van der Waals surface area contributed by atoms with Crippen LogP contribution < -0.4 is 0 Å². The molecule has 0 aliphatic carbocycles. The number of carbonyl (C=O) groups excluding carboxylic acids is 1. The monoisotopic (exact) mass is 396 g/mol. The quantitative estimate of drug-likeness (QED) is 0.464. The van der Waals surface area contributed by atoms with E-state index >= 15 is 0 Å². The van der Waals surface area contributed by atoms with E-state index in [-0.39, 0.29) is 17.7 Å². The van der Waals surface area contributed by atoms with Crippen LogP contribution in [0.1, 0.15) is 18.9 Å². The first-order chi connectivity index (χ1) is 14.6. The molecular weight excluding hydrogens is 372 g/mol. The van der Waals surface area contributed by atoms with Crippen LogP contribution in [0.25, 0.3) is 32.8 Å². The molecule has 1 aliphatic rings. The molecule has 150 valence electrons. The zero-order valence-corrected chi connectivity index (χ0v) is 16.8. The summed E-state index contributed by atoms with van der Waals surface area (Å²) in [5.41, 5.74) is 3.24. The molecule has 3 aromatic carbocycles. The Morgan fingerprint density at radius 3 is 2.80 bits per heavy atom. The van der Waals surface area contributed by atoms with Crippen LogP contribution in [0, 0.1) is 0 Å². The molecule has 30 heavy (non-hydrogen) atoms. The van der Waals surface area contributed by atoms with E-state index < -0.39 is 0 Å². The van der Waals surface area contributed by atoms with E-state index in [4.69, 9.17) is 0 Å². The highest BCUT2D eigenvalue weighted by atomic mass is 16.3. The van der Waals surface area contributed by atoms with E-state index in [0.717, 1.165) is 46.8 Å². The number of rotatable bonds is 3. The first-order valence-corrected chi connectivity index (χ1v) is 10.4. The number of nitrogens with zero attached hydrogens (tertiary/aromatic N) is 2. The van der Waals surface area contributed by atoms with Crippen LogP contribution >= 0.6 is 0 Å². The molecule has 4 nitrogen and oxygen atoms in total. The van der Waals surface area contributed by atoms with Crippen LogP contribution in [0.5, 0.6) is 5.75 Å². The number of piperidine rings is 1.